The Kier molecular flexibility index (Phi) is 6.05. The van der Waals surface area contributed by atoms with E-state index in [-0.39, 0.29) is 12.5 Å². The fraction of sp³-hybridized carbons (Fsp3) is 0.238. The van der Waals surface area contributed by atoms with Crippen molar-refractivity contribution in [2.45, 2.75) is 18.0 Å². The van der Waals surface area contributed by atoms with E-state index in [2.05, 4.69) is 24.3 Å². The van der Waals surface area contributed by atoms with Crippen molar-refractivity contribution in [3.63, 3.8) is 0 Å². The van der Waals surface area contributed by atoms with Gasteiger partial charge in [-0.15, -0.1) is 0 Å². The third-order valence-corrected chi connectivity index (χ3v) is 6.12. The van der Waals surface area contributed by atoms with Gasteiger partial charge in [0.15, 0.2) is 0 Å². The van der Waals surface area contributed by atoms with Gasteiger partial charge in [0.25, 0.3) is 0 Å². The van der Waals surface area contributed by atoms with Gasteiger partial charge in [-0.05, 0) is 23.8 Å². The van der Waals surface area contributed by atoms with Crippen molar-refractivity contribution in [2.75, 3.05) is 17.9 Å². The van der Waals surface area contributed by atoms with Crippen LogP contribution in [0.15, 0.2) is 66.3 Å². The minimum absolute atomic E-state index is 0.136. The summed E-state index contributed by atoms with van der Waals surface area (Å²) in [5.41, 5.74) is 4.69. The van der Waals surface area contributed by atoms with Crippen molar-refractivity contribution in [1.29, 1.82) is 0 Å². The fourth-order valence-electron chi connectivity index (χ4n) is 3.46. The van der Waals surface area contributed by atoms with Gasteiger partial charge >= 0.3 is 0 Å². The average Bonchev–Trinajstić information content (AvgIpc) is 3.05. The van der Waals surface area contributed by atoms with Crippen LogP contribution in [0, 0.1) is 5.92 Å². The van der Waals surface area contributed by atoms with Crippen LogP contribution in [0.3, 0.4) is 0 Å². The average molecular weight is 443 g/mol. The molecule has 1 N–H and O–H groups in total. The van der Waals surface area contributed by atoms with Crippen LogP contribution in [-0.4, -0.2) is 38.0 Å². The van der Waals surface area contributed by atoms with Gasteiger partial charge in [0, 0.05) is 53.4 Å². The quantitative estimate of drug-likeness (QED) is 0.359. The number of aliphatic hydroxyl groups is 1. The van der Waals surface area contributed by atoms with E-state index in [0.717, 1.165) is 27.5 Å². The molecule has 0 fully saturated rings. The number of carbonyl (C=O) groups excluding carboxylic acids is 1. The van der Waals surface area contributed by atoms with E-state index < -0.39 is 5.92 Å². The zero-order valence-corrected chi connectivity index (χ0v) is 18.2. The molecule has 0 saturated heterocycles. The van der Waals surface area contributed by atoms with Crippen molar-refractivity contribution in [2.24, 2.45) is 5.92 Å². The Hall–Kier alpha value is -2.46. The summed E-state index contributed by atoms with van der Waals surface area (Å²) >= 11 is 2.82. The van der Waals surface area contributed by atoms with E-state index >= 15 is 0 Å². The van der Waals surface area contributed by atoms with Gasteiger partial charge in [0.05, 0.1) is 36.1 Å². The highest BCUT2D eigenvalue weighted by atomic mass is 32.2. The molecule has 0 aliphatic carbocycles. The summed E-state index contributed by atoms with van der Waals surface area (Å²) in [6.07, 6.45) is 8.72. The van der Waals surface area contributed by atoms with Crippen molar-refractivity contribution in [3.05, 3.63) is 72.6 Å². The highest BCUT2D eigenvalue weighted by Crippen LogP contribution is 2.50. The smallest absolute Gasteiger partial charge is 0.233 e. The fourth-order valence-corrected chi connectivity index (χ4v) is 4.60. The Balaban J connectivity index is 1.41. The summed E-state index contributed by atoms with van der Waals surface area (Å²) in [5.74, 6) is -0.779. The monoisotopic (exact) mass is 442 g/mol. The molecule has 0 saturated carbocycles. The van der Waals surface area contributed by atoms with Crippen molar-refractivity contribution < 1.29 is 14.2 Å². The van der Waals surface area contributed by atoms with Gasteiger partial charge in [-0.2, -0.15) is 9.38 Å². The molecule has 1 unspecified atom stereocenters. The number of aromatic nitrogens is 2. The summed E-state index contributed by atoms with van der Waals surface area (Å²) in [5, 5.41) is 16.2. The minimum atomic E-state index is -0.643. The molecule has 1 atom stereocenters. The number of rotatable bonds is 9. The number of allylic oxidation sites excluding steroid dienone is 3. The van der Waals surface area contributed by atoms with E-state index in [1.54, 1.807) is 28.2 Å². The second-order valence-electron chi connectivity index (χ2n) is 6.82. The van der Waals surface area contributed by atoms with E-state index in [0.29, 0.717) is 18.7 Å². The first-order valence-electron chi connectivity index (χ1n) is 9.35. The first-order valence-corrected chi connectivity index (χ1v) is 11.3. The Morgan fingerprint density at radius 3 is 2.87 bits per heavy atom. The summed E-state index contributed by atoms with van der Waals surface area (Å²) < 4.78 is 7.25. The van der Waals surface area contributed by atoms with Crippen LogP contribution in [0.1, 0.15) is 11.3 Å². The first kappa shape index (κ1) is 20.8. The Morgan fingerprint density at radius 1 is 1.37 bits per heavy atom. The van der Waals surface area contributed by atoms with E-state index in [1.807, 2.05) is 28.7 Å². The molecule has 1 amide bonds. The molecular weight excluding hydrogens is 420 g/mol. The van der Waals surface area contributed by atoms with Gasteiger partial charge in [0.1, 0.15) is 0 Å². The summed E-state index contributed by atoms with van der Waals surface area (Å²) in [6.45, 7) is 8.02. The number of amides is 1. The van der Waals surface area contributed by atoms with Crippen LogP contribution < -0.4 is 5.06 Å². The predicted molar refractivity (Wildman–Crippen MR) is 120 cm³/mol. The van der Waals surface area contributed by atoms with Gasteiger partial charge in [-0.3, -0.25) is 4.79 Å². The molecule has 9 heteroatoms. The molecule has 7 nitrogen and oxygen atoms in total. The molecule has 30 heavy (non-hydrogen) atoms. The molecule has 2 aromatic rings. The number of hydrogen-bond acceptors (Lipinski definition) is 7. The van der Waals surface area contributed by atoms with Gasteiger partial charge in [-0.25, -0.2) is 9.15 Å². The Morgan fingerprint density at radius 2 is 2.20 bits per heavy atom. The highest BCUT2D eigenvalue weighted by molar-refractivity contribution is 7.97. The van der Waals surface area contributed by atoms with Crippen LogP contribution in [0.4, 0.5) is 11.4 Å². The maximum Gasteiger partial charge on any atom is 0.233 e. The predicted octanol–water partition coefficient (Wildman–Crippen LogP) is 3.85. The SMILES string of the molecule is C=C/C=C(\C=C)C(CO)C(=O)N1Cc2cn(Sc3ccc4c(c3)N4OSC)nc2C1. The van der Waals surface area contributed by atoms with Crippen LogP contribution in [0.25, 0.3) is 0 Å². The summed E-state index contributed by atoms with van der Waals surface area (Å²) in [7, 11) is 0. The molecule has 2 aliphatic rings. The number of anilines is 2. The molecule has 156 valence electrons. The van der Waals surface area contributed by atoms with Gasteiger partial charge < -0.3 is 10.0 Å². The number of hydrogen-bond donors (Lipinski definition) is 1. The van der Waals surface area contributed by atoms with Crippen molar-refractivity contribution >= 4 is 41.3 Å². The molecule has 1 aromatic carbocycles. The molecule has 0 bridgehead atoms. The molecule has 3 heterocycles. The normalized spacial score (nSPS) is 15.6. The summed E-state index contributed by atoms with van der Waals surface area (Å²) in [6, 6.07) is 6.12. The second-order valence-corrected chi connectivity index (χ2v) is 8.33. The maximum atomic E-state index is 12.9. The zero-order chi connectivity index (χ0) is 21.3. The molecule has 2 aliphatic heterocycles. The number of aliphatic hydroxyl groups excluding tert-OH is 1. The lowest BCUT2D eigenvalue weighted by molar-refractivity contribution is -0.136. The largest absolute Gasteiger partial charge is 0.395 e. The van der Waals surface area contributed by atoms with Crippen LogP contribution >= 0.6 is 24.0 Å². The zero-order valence-electron chi connectivity index (χ0n) is 16.5. The topological polar surface area (TPSA) is 70.6 Å². The van der Waals surface area contributed by atoms with Crippen molar-refractivity contribution in [3.8, 4) is 0 Å². The van der Waals surface area contributed by atoms with E-state index in [4.69, 9.17) is 4.28 Å². The first-order chi connectivity index (χ1) is 14.6. The minimum Gasteiger partial charge on any atom is -0.395 e. The Bertz CT molecular complexity index is 1010. The van der Waals surface area contributed by atoms with Crippen LogP contribution in [0.5, 0.6) is 0 Å². The van der Waals surface area contributed by atoms with E-state index in [1.165, 1.54) is 24.0 Å². The molecule has 0 spiro atoms. The second kappa shape index (κ2) is 8.73. The maximum absolute atomic E-state index is 12.9. The van der Waals surface area contributed by atoms with Gasteiger partial charge in [0.2, 0.25) is 5.91 Å². The lowest BCUT2D eigenvalue weighted by atomic mass is 9.98. The van der Waals surface area contributed by atoms with E-state index in [9.17, 15) is 9.90 Å². The Labute approximate surface area is 184 Å². The molecule has 1 aromatic heterocycles. The molecular formula is C21H22N4O3S2. The van der Waals surface area contributed by atoms with Gasteiger partial charge in [-0.1, -0.05) is 31.4 Å². The summed E-state index contributed by atoms with van der Waals surface area (Å²) in [4.78, 5) is 15.7. The third-order valence-electron chi connectivity index (χ3n) is 4.98. The standard InChI is InChI=1S/C21H22N4O3S2/c1-4-6-14(5-2)17(13-26)21(27)23-10-15-11-24(22-18(15)12-23)30-16-7-8-19-20(9-16)25(19)28-29-3/h4-9,11,17,26H,1-2,10,12-13H2,3H3/b14-6+. The van der Waals surface area contributed by atoms with Crippen LogP contribution in [-0.2, 0) is 22.2 Å². The highest BCUT2D eigenvalue weighted by Gasteiger charge is 2.33. The van der Waals surface area contributed by atoms with Crippen molar-refractivity contribution in [1.82, 2.24) is 14.1 Å². The lowest BCUT2D eigenvalue weighted by Gasteiger charge is -2.22. The number of fused-ring (bicyclic) bond motifs is 2. The van der Waals surface area contributed by atoms with Crippen LogP contribution in [0.2, 0.25) is 0 Å². The number of benzene rings is 1. The number of nitrogens with zero attached hydrogens (tertiary/aromatic N) is 4. The number of carbonyl (C=O) groups is 1. The molecule has 0 radical (unpaired) electrons. The third kappa shape index (κ3) is 3.93. The lowest BCUT2D eigenvalue weighted by Crippen LogP contribution is -2.35. The molecule has 4 rings (SSSR count).